The van der Waals surface area contributed by atoms with Crippen LogP contribution in [0.4, 0.5) is 0 Å². The second-order valence-corrected chi connectivity index (χ2v) is 7.82. The molecule has 4 rings (SSSR count). The molecule has 0 aliphatic carbocycles. The minimum absolute atomic E-state index is 0. The Bertz CT molecular complexity index is 821. The SMILES string of the molecule is CCC(=O)OC1(c2ccccc2)CCN(CCC2COc3ccccc3O2)CC1.Cl. The Balaban J connectivity index is 0.00000256. The van der Waals surface area contributed by atoms with E-state index < -0.39 is 5.60 Å². The zero-order valence-corrected chi connectivity index (χ0v) is 18.2. The van der Waals surface area contributed by atoms with Crippen LogP contribution in [0.5, 0.6) is 11.5 Å². The van der Waals surface area contributed by atoms with Crippen molar-refractivity contribution in [2.24, 2.45) is 0 Å². The van der Waals surface area contributed by atoms with Gasteiger partial charge in [0.15, 0.2) is 11.5 Å². The lowest BCUT2D eigenvalue weighted by Gasteiger charge is -2.42. The molecule has 1 atom stereocenters. The summed E-state index contributed by atoms with van der Waals surface area (Å²) < 4.78 is 17.9. The molecular weight excluding hydrogens is 402 g/mol. The Morgan fingerprint density at radius 1 is 1.07 bits per heavy atom. The van der Waals surface area contributed by atoms with Gasteiger partial charge in [0.1, 0.15) is 18.3 Å². The third-order valence-corrected chi connectivity index (χ3v) is 5.90. The molecule has 2 aliphatic heterocycles. The van der Waals surface area contributed by atoms with Gasteiger partial charge in [-0.2, -0.15) is 0 Å². The first-order chi connectivity index (χ1) is 14.2. The van der Waals surface area contributed by atoms with Crippen molar-refractivity contribution in [1.29, 1.82) is 0 Å². The number of piperidine rings is 1. The number of ether oxygens (including phenoxy) is 3. The third-order valence-electron chi connectivity index (χ3n) is 5.90. The molecule has 2 aromatic carbocycles. The van der Waals surface area contributed by atoms with Crippen molar-refractivity contribution in [3.05, 3.63) is 60.2 Å². The van der Waals surface area contributed by atoms with Crippen molar-refractivity contribution < 1.29 is 19.0 Å². The average molecular weight is 432 g/mol. The maximum atomic E-state index is 12.1. The normalized spacial score (nSPS) is 20.1. The molecule has 0 N–H and O–H groups in total. The van der Waals surface area contributed by atoms with Crippen LogP contribution in [-0.2, 0) is 15.1 Å². The summed E-state index contributed by atoms with van der Waals surface area (Å²) in [6, 6.07) is 18.0. The summed E-state index contributed by atoms with van der Waals surface area (Å²) in [7, 11) is 0. The van der Waals surface area contributed by atoms with Crippen molar-refractivity contribution in [3.63, 3.8) is 0 Å². The number of para-hydroxylation sites is 2. The molecule has 30 heavy (non-hydrogen) atoms. The van der Waals surface area contributed by atoms with Crippen LogP contribution in [0.25, 0.3) is 0 Å². The maximum absolute atomic E-state index is 12.1. The molecule has 1 fully saturated rings. The van der Waals surface area contributed by atoms with Crippen molar-refractivity contribution in [2.45, 2.75) is 44.3 Å². The summed E-state index contributed by atoms with van der Waals surface area (Å²) in [5, 5.41) is 0. The predicted molar refractivity (Wildman–Crippen MR) is 118 cm³/mol. The van der Waals surface area contributed by atoms with Crippen LogP contribution in [0.2, 0.25) is 0 Å². The highest BCUT2D eigenvalue weighted by Crippen LogP contribution is 2.37. The molecule has 2 heterocycles. The molecule has 0 bridgehead atoms. The van der Waals surface area contributed by atoms with E-state index in [1.807, 2.05) is 49.4 Å². The zero-order chi connectivity index (χ0) is 20.1. The highest BCUT2D eigenvalue weighted by atomic mass is 35.5. The van der Waals surface area contributed by atoms with E-state index in [1.165, 1.54) is 0 Å². The van der Waals surface area contributed by atoms with Gasteiger partial charge < -0.3 is 19.1 Å². The van der Waals surface area contributed by atoms with Gasteiger partial charge in [-0.05, 0) is 17.7 Å². The molecule has 0 radical (unpaired) electrons. The maximum Gasteiger partial charge on any atom is 0.306 e. The van der Waals surface area contributed by atoms with Gasteiger partial charge >= 0.3 is 5.97 Å². The molecule has 6 heteroatoms. The van der Waals surface area contributed by atoms with E-state index in [1.54, 1.807) is 0 Å². The zero-order valence-electron chi connectivity index (χ0n) is 17.4. The number of rotatable bonds is 6. The largest absolute Gasteiger partial charge is 0.486 e. The van der Waals surface area contributed by atoms with Crippen LogP contribution in [0, 0.1) is 0 Å². The molecule has 1 saturated heterocycles. The lowest BCUT2D eigenvalue weighted by atomic mass is 9.84. The fourth-order valence-electron chi connectivity index (χ4n) is 4.15. The van der Waals surface area contributed by atoms with Crippen LogP contribution >= 0.6 is 12.4 Å². The number of carbonyl (C=O) groups is 1. The van der Waals surface area contributed by atoms with E-state index in [-0.39, 0.29) is 24.5 Å². The molecule has 2 aromatic rings. The number of carbonyl (C=O) groups excluding carboxylic acids is 1. The monoisotopic (exact) mass is 431 g/mol. The van der Waals surface area contributed by atoms with Gasteiger partial charge in [-0.3, -0.25) is 4.79 Å². The summed E-state index contributed by atoms with van der Waals surface area (Å²) in [6.07, 6.45) is 3.02. The van der Waals surface area contributed by atoms with Gasteiger partial charge in [-0.15, -0.1) is 12.4 Å². The Morgan fingerprint density at radius 3 is 2.43 bits per heavy atom. The van der Waals surface area contributed by atoms with E-state index in [0.717, 1.165) is 56.0 Å². The fourth-order valence-corrected chi connectivity index (χ4v) is 4.15. The highest BCUT2D eigenvalue weighted by Gasteiger charge is 2.39. The smallest absolute Gasteiger partial charge is 0.306 e. The van der Waals surface area contributed by atoms with Crippen LogP contribution in [-0.4, -0.2) is 43.2 Å². The summed E-state index contributed by atoms with van der Waals surface area (Å²) >= 11 is 0. The Labute approximate surface area is 184 Å². The molecule has 0 aromatic heterocycles. The Kier molecular flexibility index (Phi) is 7.62. The molecule has 1 unspecified atom stereocenters. The van der Waals surface area contributed by atoms with Gasteiger partial charge in [-0.1, -0.05) is 49.4 Å². The number of halogens is 1. The first kappa shape index (κ1) is 22.4. The Hall–Kier alpha value is -2.24. The molecular formula is C24H30ClNO4. The van der Waals surface area contributed by atoms with Gasteiger partial charge in [-0.25, -0.2) is 0 Å². The number of hydrogen-bond donors (Lipinski definition) is 0. The van der Waals surface area contributed by atoms with E-state index in [2.05, 4.69) is 17.0 Å². The highest BCUT2D eigenvalue weighted by molar-refractivity contribution is 5.85. The minimum atomic E-state index is -0.506. The third kappa shape index (κ3) is 5.08. The summed E-state index contributed by atoms with van der Waals surface area (Å²) in [4.78, 5) is 14.5. The van der Waals surface area contributed by atoms with Crippen LogP contribution in [0.3, 0.4) is 0 Å². The van der Waals surface area contributed by atoms with Gasteiger partial charge in [0.2, 0.25) is 0 Å². The summed E-state index contributed by atoms with van der Waals surface area (Å²) in [5.74, 6) is 1.53. The lowest BCUT2D eigenvalue weighted by molar-refractivity contribution is -0.166. The molecule has 0 spiro atoms. The Morgan fingerprint density at radius 2 is 1.73 bits per heavy atom. The van der Waals surface area contributed by atoms with E-state index >= 15 is 0 Å². The number of esters is 1. The van der Waals surface area contributed by atoms with Crippen molar-refractivity contribution >= 4 is 18.4 Å². The number of fused-ring (bicyclic) bond motifs is 1. The number of likely N-dealkylation sites (tertiary alicyclic amines) is 1. The predicted octanol–water partition coefficient (Wildman–Crippen LogP) is 4.58. The second kappa shape index (κ2) is 10.2. The summed E-state index contributed by atoms with van der Waals surface area (Å²) in [6.45, 7) is 5.18. The molecule has 2 aliphatic rings. The van der Waals surface area contributed by atoms with Crippen LogP contribution in [0.1, 0.15) is 38.2 Å². The number of nitrogens with zero attached hydrogens (tertiary/aromatic N) is 1. The topological polar surface area (TPSA) is 48.0 Å². The van der Waals surface area contributed by atoms with Gasteiger partial charge in [0, 0.05) is 45.3 Å². The second-order valence-electron chi connectivity index (χ2n) is 7.82. The van der Waals surface area contributed by atoms with Crippen molar-refractivity contribution in [2.75, 3.05) is 26.2 Å². The standard InChI is InChI=1S/C24H29NO4.ClH/c1-2-23(26)29-24(19-8-4-3-5-9-19)13-16-25(17-14-24)15-12-20-18-27-21-10-6-7-11-22(21)28-20;/h3-11,20H,2,12-18H2,1H3;1H. The lowest BCUT2D eigenvalue weighted by Crippen LogP contribution is -2.46. The summed E-state index contributed by atoms with van der Waals surface area (Å²) in [5.41, 5.74) is 0.593. The molecule has 162 valence electrons. The van der Waals surface area contributed by atoms with Crippen molar-refractivity contribution in [3.8, 4) is 11.5 Å². The molecule has 0 amide bonds. The van der Waals surface area contributed by atoms with Crippen LogP contribution in [0.15, 0.2) is 54.6 Å². The van der Waals surface area contributed by atoms with Gasteiger partial charge in [0.05, 0.1) is 0 Å². The molecule has 0 saturated carbocycles. The van der Waals surface area contributed by atoms with Crippen LogP contribution < -0.4 is 9.47 Å². The first-order valence-corrected chi connectivity index (χ1v) is 10.6. The number of benzene rings is 2. The first-order valence-electron chi connectivity index (χ1n) is 10.6. The molecule has 5 nitrogen and oxygen atoms in total. The quantitative estimate of drug-likeness (QED) is 0.626. The minimum Gasteiger partial charge on any atom is -0.486 e. The van der Waals surface area contributed by atoms with Crippen molar-refractivity contribution in [1.82, 2.24) is 4.90 Å². The average Bonchev–Trinajstić information content (AvgIpc) is 2.79. The fraction of sp³-hybridized carbons (Fsp3) is 0.458. The van der Waals surface area contributed by atoms with E-state index in [0.29, 0.717) is 13.0 Å². The number of hydrogen-bond acceptors (Lipinski definition) is 5. The van der Waals surface area contributed by atoms with E-state index in [4.69, 9.17) is 14.2 Å². The van der Waals surface area contributed by atoms with E-state index in [9.17, 15) is 4.79 Å². The van der Waals surface area contributed by atoms with Gasteiger partial charge in [0.25, 0.3) is 0 Å².